The average molecular weight is 731 g/mol. The van der Waals surface area contributed by atoms with E-state index in [0.717, 1.165) is 38.5 Å². The van der Waals surface area contributed by atoms with E-state index in [1.54, 1.807) is 0 Å². The summed E-state index contributed by atoms with van der Waals surface area (Å²) in [7, 11) is 1.30. The Bertz CT molecular complexity index is 834. The number of aliphatic hydroxyl groups excluding tert-OH is 1. The Balaban J connectivity index is 4.27. The van der Waals surface area contributed by atoms with Crippen molar-refractivity contribution >= 4 is 13.7 Å². The van der Waals surface area contributed by atoms with Crippen LogP contribution in [0, 0.1) is 0 Å². The van der Waals surface area contributed by atoms with E-state index < -0.39 is 20.0 Å². The van der Waals surface area contributed by atoms with Crippen LogP contribution in [0.25, 0.3) is 0 Å². The zero-order valence-electron chi connectivity index (χ0n) is 33.6. The van der Waals surface area contributed by atoms with Gasteiger partial charge in [0.15, 0.2) is 0 Å². The normalized spacial score (nSPS) is 14.6. The van der Waals surface area contributed by atoms with Crippen LogP contribution in [0.15, 0.2) is 12.2 Å². The number of phosphoric ester groups is 1. The molecule has 50 heavy (non-hydrogen) atoms. The summed E-state index contributed by atoms with van der Waals surface area (Å²) in [5.41, 5.74) is 0. The largest absolute Gasteiger partial charge is 0.756 e. The van der Waals surface area contributed by atoms with Gasteiger partial charge >= 0.3 is 0 Å². The van der Waals surface area contributed by atoms with Gasteiger partial charge in [0.1, 0.15) is 13.2 Å². The molecule has 0 aromatic rings. The Morgan fingerprint density at radius 3 is 1.56 bits per heavy atom. The number of nitrogens with zero attached hydrogens (tertiary/aromatic N) is 1. The van der Waals surface area contributed by atoms with Gasteiger partial charge in [-0.3, -0.25) is 9.36 Å². The molecule has 0 rings (SSSR count). The maximum atomic E-state index is 12.8. The number of hydrogen-bond acceptors (Lipinski definition) is 6. The summed E-state index contributed by atoms with van der Waals surface area (Å²) in [6.45, 7) is 4.69. The van der Waals surface area contributed by atoms with E-state index in [0.29, 0.717) is 23.9 Å². The van der Waals surface area contributed by atoms with Gasteiger partial charge in [-0.1, -0.05) is 161 Å². The molecule has 2 N–H and O–H groups in total. The average Bonchev–Trinajstić information content (AvgIpc) is 3.06. The first kappa shape index (κ1) is 49.2. The van der Waals surface area contributed by atoms with E-state index in [-0.39, 0.29) is 19.1 Å². The molecular formula is C41H83N2O6P. The van der Waals surface area contributed by atoms with E-state index in [1.807, 2.05) is 21.1 Å². The van der Waals surface area contributed by atoms with E-state index in [1.165, 1.54) is 128 Å². The molecule has 0 spiro atoms. The number of rotatable bonds is 38. The van der Waals surface area contributed by atoms with Crippen molar-refractivity contribution in [1.82, 2.24) is 5.32 Å². The maximum absolute atomic E-state index is 12.8. The Morgan fingerprint density at radius 2 is 1.10 bits per heavy atom. The molecular weight excluding hydrogens is 647 g/mol. The first-order valence-electron chi connectivity index (χ1n) is 21.0. The summed E-state index contributed by atoms with van der Waals surface area (Å²) < 4.78 is 23.2. The lowest BCUT2D eigenvalue weighted by atomic mass is 10.0. The van der Waals surface area contributed by atoms with Gasteiger partial charge in [0, 0.05) is 6.42 Å². The van der Waals surface area contributed by atoms with Crippen LogP contribution >= 0.6 is 7.82 Å². The van der Waals surface area contributed by atoms with Gasteiger partial charge in [-0.25, -0.2) is 0 Å². The fraction of sp³-hybridized carbons (Fsp3) is 0.927. The third-order valence-corrected chi connectivity index (χ3v) is 10.5. The van der Waals surface area contributed by atoms with Gasteiger partial charge in [-0.15, -0.1) is 0 Å². The minimum atomic E-state index is -4.55. The minimum Gasteiger partial charge on any atom is -0.756 e. The standard InChI is InChI=1S/C41H83N2O6P/c1-6-8-10-12-14-16-17-18-19-20-21-22-23-24-25-27-29-31-33-35-41(45)42-39(38-49-50(46,47)48-37-36-43(3,4)5)40(44)34-32-30-28-26-15-13-11-9-7-2/h18-19,39-40,44H,6-17,20-38H2,1-5H3,(H-,42,45,46,47)/b19-18+/t39-,40+/m0/s1. The van der Waals surface area contributed by atoms with Crippen molar-refractivity contribution in [2.75, 3.05) is 40.9 Å². The van der Waals surface area contributed by atoms with Gasteiger partial charge < -0.3 is 28.8 Å². The highest BCUT2D eigenvalue weighted by Gasteiger charge is 2.24. The zero-order valence-corrected chi connectivity index (χ0v) is 34.5. The van der Waals surface area contributed by atoms with Crippen molar-refractivity contribution in [3.63, 3.8) is 0 Å². The molecule has 0 bridgehead atoms. The number of amides is 1. The van der Waals surface area contributed by atoms with Crippen LogP contribution in [-0.2, 0) is 18.4 Å². The summed E-state index contributed by atoms with van der Waals surface area (Å²) >= 11 is 0. The third kappa shape index (κ3) is 35.6. The Morgan fingerprint density at radius 1 is 0.680 bits per heavy atom. The van der Waals surface area contributed by atoms with Crippen LogP contribution in [0.5, 0.6) is 0 Å². The Kier molecular flexibility index (Phi) is 33.5. The number of likely N-dealkylation sites (N-methyl/N-ethyl adjacent to an activating group) is 1. The fourth-order valence-corrected chi connectivity index (χ4v) is 6.81. The maximum Gasteiger partial charge on any atom is 0.268 e. The molecule has 0 aliphatic rings. The van der Waals surface area contributed by atoms with Crippen LogP contribution in [0.4, 0.5) is 0 Å². The number of nitrogens with one attached hydrogen (secondary N) is 1. The van der Waals surface area contributed by atoms with Crippen LogP contribution in [-0.4, -0.2) is 68.5 Å². The van der Waals surface area contributed by atoms with Crippen LogP contribution in [0.2, 0.25) is 0 Å². The second-order valence-electron chi connectivity index (χ2n) is 15.7. The first-order valence-corrected chi connectivity index (χ1v) is 22.5. The molecule has 0 aliphatic heterocycles. The van der Waals surface area contributed by atoms with Crippen LogP contribution in [0.3, 0.4) is 0 Å². The molecule has 8 nitrogen and oxygen atoms in total. The molecule has 0 heterocycles. The quantitative estimate of drug-likeness (QED) is 0.0283. The van der Waals surface area contributed by atoms with Crippen molar-refractivity contribution in [2.24, 2.45) is 0 Å². The molecule has 0 fully saturated rings. The van der Waals surface area contributed by atoms with E-state index in [4.69, 9.17) is 9.05 Å². The van der Waals surface area contributed by atoms with E-state index >= 15 is 0 Å². The molecule has 1 unspecified atom stereocenters. The topological polar surface area (TPSA) is 108 Å². The second-order valence-corrected chi connectivity index (χ2v) is 17.1. The summed E-state index contributed by atoms with van der Waals surface area (Å²) in [5.74, 6) is -0.169. The lowest BCUT2D eigenvalue weighted by molar-refractivity contribution is -0.870. The number of hydrogen-bond donors (Lipinski definition) is 2. The van der Waals surface area contributed by atoms with Crippen molar-refractivity contribution in [3.8, 4) is 0 Å². The molecule has 0 saturated carbocycles. The minimum absolute atomic E-state index is 0.0132. The van der Waals surface area contributed by atoms with Crippen molar-refractivity contribution in [2.45, 2.75) is 206 Å². The Labute approximate surface area is 310 Å². The first-order chi connectivity index (χ1) is 24.0. The van der Waals surface area contributed by atoms with Gasteiger partial charge in [0.25, 0.3) is 7.82 Å². The van der Waals surface area contributed by atoms with Crippen LogP contribution in [0.1, 0.15) is 194 Å². The fourth-order valence-electron chi connectivity index (χ4n) is 6.09. The molecule has 0 aliphatic carbocycles. The van der Waals surface area contributed by atoms with Crippen molar-refractivity contribution in [3.05, 3.63) is 12.2 Å². The smallest absolute Gasteiger partial charge is 0.268 e. The summed E-state index contributed by atoms with van der Waals surface area (Å²) in [4.78, 5) is 25.2. The zero-order chi connectivity index (χ0) is 37.2. The lowest BCUT2D eigenvalue weighted by Crippen LogP contribution is -2.46. The molecule has 3 atom stereocenters. The third-order valence-electron chi connectivity index (χ3n) is 9.50. The van der Waals surface area contributed by atoms with Gasteiger partial charge in [-0.2, -0.15) is 0 Å². The highest BCUT2D eigenvalue weighted by atomic mass is 31.2. The second kappa shape index (κ2) is 34.0. The van der Waals surface area contributed by atoms with Crippen molar-refractivity contribution in [1.29, 1.82) is 0 Å². The molecule has 0 aromatic carbocycles. The number of carbonyl (C=O) groups excluding carboxylic acids is 1. The number of allylic oxidation sites excluding steroid dienone is 2. The molecule has 0 saturated heterocycles. The van der Waals surface area contributed by atoms with Crippen molar-refractivity contribution < 1.29 is 32.9 Å². The highest BCUT2D eigenvalue weighted by Crippen LogP contribution is 2.38. The monoisotopic (exact) mass is 731 g/mol. The van der Waals surface area contributed by atoms with E-state index in [9.17, 15) is 19.4 Å². The molecule has 0 radical (unpaired) electrons. The molecule has 9 heteroatoms. The van der Waals surface area contributed by atoms with Crippen LogP contribution < -0.4 is 10.2 Å². The predicted octanol–water partition coefficient (Wildman–Crippen LogP) is 10.6. The number of phosphoric acid groups is 1. The lowest BCUT2D eigenvalue weighted by Gasteiger charge is -2.30. The molecule has 0 aromatic heterocycles. The number of aliphatic hydroxyl groups is 1. The summed E-state index contributed by atoms with van der Waals surface area (Å²) in [6.07, 6.45) is 36.4. The molecule has 1 amide bonds. The highest BCUT2D eigenvalue weighted by molar-refractivity contribution is 7.45. The molecule has 298 valence electrons. The SMILES string of the molecule is CCCCCCCC/C=C/CCCCCCCCCCCC(=O)N[C@@H](COP(=O)([O-])OCC[N+](C)(C)C)[C@H](O)CCCCCCCCCCC. The van der Waals surface area contributed by atoms with Gasteiger partial charge in [0.2, 0.25) is 5.91 Å². The van der Waals surface area contributed by atoms with E-state index in [2.05, 4.69) is 31.3 Å². The number of carbonyl (C=O) groups is 1. The Hall–Kier alpha value is -0.760. The number of unbranched alkanes of at least 4 members (excludes halogenated alkanes) is 23. The predicted molar refractivity (Wildman–Crippen MR) is 210 cm³/mol. The number of quaternary nitrogens is 1. The summed E-state index contributed by atoms with van der Waals surface area (Å²) in [5, 5.41) is 13.8. The summed E-state index contributed by atoms with van der Waals surface area (Å²) in [6, 6.07) is -0.795. The van der Waals surface area contributed by atoms with Gasteiger partial charge in [-0.05, 0) is 38.5 Å². The van der Waals surface area contributed by atoms with Gasteiger partial charge in [0.05, 0.1) is 39.9 Å².